The number of rotatable bonds is 6. The molecule has 3 heterocycles. The topological polar surface area (TPSA) is 92.5 Å². The largest absolute Gasteiger partial charge is 0.496 e. The van der Waals surface area contributed by atoms with E-state index < -0.39 is 0 Å². The van der Waals surface area contributed by atoms with E-state index in [4.69, 9.17) is 9.72 Å². The first-order valence-corrected chi connectivity index (χ1v) is 14.3. The van der Waals surface area contributed by atoms with Gasteiger partial charge in [-0.3, -0.25) is 15.1 Å². The number of hydrogen-bond acceptors (Lipinski definition) is 6. The van der Waals surface area contributed by atoms with E-state index in [0.29, 0.717) is 28.9 Å². The highest BCUT2D eigenvalue weighted by molar-refractivity contribution is 6.04. The van der Waals surface area contributed by atoms with Gasteiger partial charge in [0, 0.05) is 23.4 Å². The number of pyridine rings is 1. The Morgan fingerprint density at radius 3 is 2.55 bits per heavy atom. The van der Waals surface area contributed by atoms with Crippen LogP contribution in [0.25, 0.3) is 22.3 Å². The molecule has 1 amide bonds. The Hall–Kier alpha value is -3.75. The summed E-state index contributed by atoms with van der Waals surface area (Å²) in [7, 11) is 3.81. The maximum Gasteiger partial charge on any atom is 0.258 e. The maximum absolute atomic E-state index is 13.6. The van der Waals surface area contributed by atoms with Gasteiger partial charge < -0.3 is 19.3 Å². The molecule has 2 fully saturated rings. The highest BCUT2D eigenvalue weighted by atomic mass is 16.5. The molecule has 0 radical (unpaired) electrons. The highest BCUT2D eigenvalue weighted by Crippen LogP contribution is 2.37. The molecule has 6 rings (SSSR count). The molecule has 2 N–H and O–H groups in total. The van der Waals surface area contributed by atoms with Gasteiger partial charge in [-0.05, 0) is 107 Å². The van der Waals surface area contributed by atoms with Gasteiger partial charge in [0.15, 0.2) is 0 Å². The number of piperidine rings is 1. The number of para-hydroxylation sites is 1. The summed E-state index contributed by atoms with van der Waals surface area (Å²) < 4.78 is 7.68. The van der Waals surface area contributed by atoms with Crippen LogP contribution in [0.3, 0.4) is 0 Å². The van der Waals surface area contributed by atoms with Crippen LogP contribution in [0.5, 0.6) is 5.75 Å². The van der Waals surface area contributed by atoms with Gasteiger partial charge in [-0.15, -0.1) is 0 Å². The number of aliphatic hydroxyl groups is 1. The minimum Gasteiger partial charge on any atom is -0.496 e. The summed E-state index contributed by atoms with van der Waals surface area (Å²) in [6, 6.07) is 17.9. The Balaban J connectivity index is 1.33. The number of carbonyl (C=O) groups excluding carboxylic acids is 1. The third kappa shape index (κ3) is 5.33. The number of fused-ring (bicyclic) bond motifs is 1. The van der Waals surface area contributed by atoms with Gasteiger partial charge in [0.05, 0.1) is 29.9 Å². The van der Waals surface area contributed by atoms with Crippen molar-refractivity contribution in [3.63, 3.8) is 0 Å². The quantitative estimate of drug-likeness (QED) is 0.329. The molecular formula is C32H37N5O3. The van der Waals surface area contributed by atoms with Crippen molar-refractivity contribution in [2.45, 2.75) is 56.6 Å². The Morgan fingerprint density at radius 1 is 1.00 bits per heavy atom. The molecule has 1 saturated heterocycles. The molecule has 0 atom stereocenters. The minimum absolute atomic E-state index is 0.166. The molecule has 1 aliphatic heterocycles. The molecule has 2 aromatic heterocycles. The number of nitrogens with zero attached hydrogens (tertiary/aromatic N) is 4. The zero-order chi connectivity index (χ0) is 27.6. The molecule has 2 aromatic carbocycles. The van der Waals surface area contributed by atoms with Crippen LogP contribution in [-0.2, 0) is 0 Å². The van der Waals surface area contributed by atoms with Crippen molar-refractivity contribution in [1.82, 2.24) is 19.4 Å². The molecule has 208 valence electrons. The summed E-state index contributed by atoms with van der Waals surface area (Å²) in [6.45, 7) is 2.21. The van der Waals surface area contributed by atoms with Crippen molar-refractivity contribution in [2.24, 2.45) is 0 Å². The number of aromatic nitrogens is 3. The summed E-state index contributed by atoms with van der Waals surface area (Å²) in [5.74, 6) is 1.55. The lowest BCUT2D eigenvalue weighted by molar-refractivity contribution is 0.102. The first-order valence-electron chi connectivity index (χ1n) is 14.3. The second-order valence-electron chi connectivity index (χ2n) is 11.2. The van der Waals surface area contributed by atoms with Crippen LogP contribution in [0, 0.1) is 0 Å². The van der Waals surface area contributed by atoms with E-state index in [2.05, 4.69) is 45.0 Å². The lowest BCUT2D eigenvalue weighted by Crippen LogP contribution is -2.29. The Bertz CT molecular complexity index is 1500. The van der Waals surface area contributed by atoms with Crippen LogP contribution in [-0.4, -0.2) is 63.8 Å². The number of benzene rings is 2. The van der Waals surface area contributed by atoms with Crippen molar-refractivity contribution >= 4 is 22.9 Å². The Morgan fingerprint density at radius 2 is 1.77 bits per heavy atom. The number of methoxy groups -OCH3 is 1. The summed E-state index contributed by atoms with van der Waals surface area (Å²) in [6.07, 6.45) is 6.86. The van der Waals surface area contributed by atoms with Gasteiger partial charge >= 0.3 is 0 Å². The van der Waals surface area contributed by atoms with Crippen LogP contribution in [0.2, 0.25) is 0 Å². The van der Waals surface area contributed by atoms with E-state index in [1.807, 2.05) is 24.3 Å². The predicted octanol–water partition coefficient (Wildman–Crippen LogP) is 5.64. The standard InChI is InChI=1S/C32H37N5O3/c1-36-17-14-21(15-18-36)22-7-12-29-28(19-22)34-32(37(29)24-8-10-25(38)11-9-24)35-31(39)23-13-16-33-27(20-23)26-5-3-4-6-30(26)40-2/h3-7,12-13,16,19-21,24-25,38H,8-11,14-15,17-18H2,1-2H3,(H,34,35,39). The van der Waals surface area contributed by atoms with E-state index in [0.717, 1.165) is 68.2 Å². The van der Waals surface area contributed by atoms with Gasteiger partial charge in [0.25, 0.3) is 5.91 Å². The fraction of sp³-hybridized carbons (Fsp3) is 0.406. The molecule has 8 heteroatoms. The number of aliphatic hydroxyl groups excluding tert-OH is 1. The lowest BCUT2D eigenvalue weighted by Gasteiger charge is -2.29. The number of amides is 1. The molecule has 8 nitrogen and oxygen atoms in total. The van der Waals surface area contributed by atoms with Gasteiger partial charge in [-0.1, -0.05) is 18.2 Å². The van der Waals surface area contributed by atoms with Crippen LogP contribution in [0.1, 0.15) is 66.4 Å². The minimum atomic E-state index is -0.259. The van der Waals surface area contributed by atoms with Crippen LogP contribution >= 0.6 is 0 Å². The van der Waals surface area contributed by atoms with Gasteiger partial charge in [-0.25, -0.2) is 4.98 Å². The van der Waals surface area contributed by atoms with Gasteiger partial charge in [-0.2, -0.15) is 0 Å². The molecule has 1 saturated carbocycles. The SMILES string of the molecule is COc1ccccc1-c1cc(C(=O)Nc2nc3cc(C4CCN(C)CC4)ccc3n2C2CCC(O)CC2)ccn1. The third-order valence-electron chi connectivity index (χ3n) is 8.57. The van der Waals surface area contributed by atoms with Crippen molar-refractivity contribution in [2.75, 3.05) is 32.6 Å². The number of imidazole rings is 1. The van der Waals surface area contributed by atoms with Crippen LogP contribution < -0.4 is 10.1 Å². The normalized spacial score (nSPS) is 20.5. The third-order valence-corrected chi connectivity index (χ3v) is 8.57. The average Bonchev–Trinajstić information content (AvgIpc) is 3.35. The second-order valence-corrected chi connectivity index (χ2v) is 11.2. The van der Waals surface area contributed by atoms with Crippen molar-refractivity contribution < 1.29 is 14.6 Å². The smallest absolute Gasteiger partial charge is 0.258 e. The molecule has 0 unspecified atom stereocenters. The molecule has 0 bridgehead atoms. The van der Waals surface area contributed by atoms with Gasteiger partial charge in [0.2, 0.25) is 5.95 Å². The molecule has 0 spiro atoms. The molecule has 1 aliphatic carbocycles. The van der Waals surface area contributed by atoms with E-state index >= 15 is 0 Å². The number of hydrogen-bond donors (Lipinski definition) is 2. The van der Waals surface area contributed by atoms with Gasteiger partial charge in [0.1, 0.15) is 5.75 Å². The average molecular weight is 540 g/mol. The lowest BCUT2D eigenvalue weighted by atomic mass is 9.89. The Kier molecular flexibility index (Phi) is 7.54. The number of carbonyl (C=O) groups is 1. The Labute approximate surface area is 235 Å². The summed E-state index contributed by atoms with van der Waals surface area (Å²) >= 11 is 0. The maximum atomic E-state index is 13.6. The number of nitrogens with one attached hydrogen (secondary N) is 1. The van der Waals surface area contributed by atoms with Crippen molar-refractivity contribution in [3.05, 3.63) is 71.9 Å². The zero-order valence-corrected chi connectivity index (χ0v) is 23.2. The summed E-state index contributed by atoms with van der Waals surface area (Å²) in [5.41, 5.74) is 5.25. The number of likely N-dealkylation sites (tertiary alicyclic amines) is 1. The molecule has 4 aromatic rings. The van der Waals surface area contributed by atoms with E-state index in [9.17, 15) is 9.90 Å². The first-order chi connectivity index (χ1) is 19.5. The zero-order valence-electron chi connectivity index (χ0n) is 23.2. The fourth-order valence-electron chi connectivity index (χ4n) is 6.23. The highest BCUT2D eigenvalue weighted by Gasteiger charge is 2.27. The molecule has 2 aliphatic rings. The van der Waals surface area contributed by atoms with Crippen molar-refractivity contribution in [1.29, 1.82) is 0 Å². The molecular weight excluding hydrogens is 502 g/mol. The number of anilines is 1. The first kappa shape index (κ1) is 26.5. The summed E-state index contributed by atoms with van der Waals surface area (Å²) in [4.78, 5) is 25.4. The molecule has 40 heavy (non-hydrogen) atoms. The summed E-state index contributed by atoms with van der Waals surface area (Å²) in [5, 5.41) is 13.3. The predicted molar refractivity (Wildman–Crippen MR) is 157 cm³/mol. The van der Waals surface area contributed by atoms with Crippen molar-refractivity contribution in [3.8, 4) is 17.0 Å². The van der Waals surface area contributed by atoms with E-state index in [1.54, 1.807) is 25.4 Å². The number of ether oxygens (including phenoxy) is 1. The monoisotopic (exact) mass is 539 g/mol. The second kappa shape index (κ2) is 11.4. The van der Waals surface area contributed by atoms with E-state index in [-0.39, 0.29) is 18.1 Å². The van der Waals surface area contributed by atoms with Crippen LogP contribution in [0.4, 0.5) is 5.95 Å². The van der Waals surface area contributed by atoms with E-state index in [1.165, 1.54) is 5.56 Å². The van der Waals surface area contributed by atoms with Crippen LogP contribution in [0.15, 0.2) is 60.8 Å². The fourth-order valence-corrected chi connectivity index (χ4v) is 6.23.